The highest BCUT2D eigenvalue weighted by atomic mass is 35.5. The molecule has 0 unspecified atom stereocenters. The summed E-state index contributed by atoms with van der Waals surface area (Å²) in [5, 5.41) is 29.4. The number of hydrazone groups is 1. The number of nitro benzene ring substituents is 2. The summed E-state index contributed by atoms with van der Waals surface area (Å²) in [6.07, 6.45) is 4.13. The number of hydrogen-bond acceptors (Lipinski definition) is 6. The van der Waals surface area contributed by atoms with Gasteiger partial charge in [-0.1, -0.05) is 35.9 Å². The van der Waals surface area contributed by atoms with Crippen LogP contribution < -0.4 is 0 Å². The summed E-state index contributed by atoms with van der Waals surface area (Å²) >= 11 is 6.01. The number of nitro groups is 2. The molecule has 186 valence electrons. The van der Waals surface area contributed by atoms with Crippen molar-refractivity contribution in [1.82, 2.24) is 5.01 Å². The molecule has 37 heavy (non-hydrogen) atoms. The Labute approximate surface area is 217 Å². The van der Waals surface area contributed by atoms with Gasteiger partial charge in [0.05, 0.1) is 21.6 Å². The molecule has 0 saturated heterocycles. The van der Waals surface area contributed by atoms with Gasteiger partial charge in [0.25, 0.3) is 17.3 Å². The zero-order valence-electron chi connectivity index (χ0n) is 19.5. The third-order valence-electron chi connectivity index (χ3n) is 6.65. The molecule has 10 heteroatoms. The number of nitrogens with zero attached hydrogens (tertiary/aromatic N) is 4. The summed E-state index contributed by atoms with van der Waals surface area (Å²) < 4.78 is 0. The molecule has 1 saturated carbocycles. The quantitative estimate of drug-likeness (QED) is 0.280. The Kier molecular flexibility index (Phi) is 6.54. The minimum atomic E-state index is -0.535. The second-order valence-electron chi connectivity index (χ2n) is 8.96. The summed E-state index contributed by atoms with van der Waals surface area (Å²) in [6, 6.07) is 18.6. The minimum Gasteiger partial charge on any atom is -0.267 e. The van der Waals surface area contributed by atoms with Crippen LogP contribution in [0, 0.1) is 26.1 Å². The van der Waals surface area contributed by atoms with Crippen LogP contribution in [0.15, 0.2) is 83.5 Å². The number of allylic oxidation sites excluding steroid dienone is 1. The van der Waals surface area contributed by atoms with E-state index >= 15 is 0 Å². The van der Waals surface area contributed by atoms with E-state index in [1.807, 2.05) is 6.08 Å². The number of carbonyl (C=O) groups excluding carboxylic acids is 1. The molecule has 5 rings (SSSR count). The highest BCUT2D eigenvalue weighted by Gasteiger charge is 2.44. The zero-order valence-corrected chi connectivity index (χ0v) is 20.2. The largest absolute Gasteiger partial charge is 0.274 e. The number of halogens is 1. The highest BCUT2D eigenvalue weighted by molar-refractivity contribution is 6.30. The van der Waals surface area contributed by atoms with Crippen LogP contribution in [0.2, 0.25) is 5.02 Å². The van der Waals surface area contributed by atoms with E-state index in [4.69, 9.17) is 16.7 Å². The van der Waals surface area contributed by atoms with E-state index < -0.39 is 15.9 Å². The Balaban J connectivity index is 1.59. The number of carbonyl (C=O) groups is 1. The number of benzene rings is 3. The van der Waals surface area contributed by atoms with Crippen molar-refractivity contribution in [1.29, 1.82) is 0 Å². The molecule has 2 aliphatic rings. The maximum absolute atomic E-state index is 13.6. The second kappa shape index (κ2) is 9.94. The molecule has 3 aromatic rings. The van der Waals surface area contributed by atoms with Gasteiger partial charge in [0.15, 0.2) is 0 Å². The van der Waals surface area contributed by atoms with Gasteiger partial charge in [-0.3, -0.25) is 25.0 Å². The zero-order chi connectivity index (χ0) is 26.1. The lowest BCUT2D eigenvalue weighted by molar-refractivity contribution is -0.385. The molecule has 1 heterocycles. The first kappa shape index (κ1) is 24.3. The maximum atomic E-state index is 13.6. The molecule has 1 aliphatic carbocycles. The van der Waals surface area contributed by atoms with Crippen LogP contribution in [-0.2, 0) is 0 Å². The van der Waals surface area contributed by atoms with Gasteiger partial charge in [0, 0.05) is 40.8 Å². The summed E-state index contributed by atoms with van der Waals surface area (Å²) in [5.41, 5.74) is 3.22. The molecule has 0 bridgehead atoms. The Morgan fingerprint density at radius 3 is 2.35 bits per heavy atom. The molecule has 1 fully saturated rings. The number of non-ortho nitro benzene ring substituents is 2. The topological polar surface area (TPSA) is 119 Å². The molecule has 0 spiro atoms. The van der Waals surface area contributed by atoms with Crippen molar-refractivity contribution in [2.45, 2.75) is 25.3 Å². The van der Waals surface area contributed by atoms with E-state index in [0.717, 1.165) is 24.1 Å². The number of amides is 1. The number of fused-ring (bicyclic) bond motifs is 1. The molecule has 1 aliphatic heterocycles. The monoisotopic (exact) mass is 516 g/mol. The van der Waals surface area contributed by atoms with Gasteiger partial charge in [0.1, 0.15) is 0 Å². The van der Waals surface area contributed by atoms with Crippen molar-refractivity contribution in [3.63, 3.8) is 0 Å². The van der Waals surface area contributed by atoms with Crippen LogP contribution in [0.4, 0.5) is 11.4 Å². The Bertz CT molecular complexity index is 1470. The summed E-state index contributed by atoms with van der Waals surface area (Å²) in [6.45, 7) is 0. The van der Waals surface area contributed by atoms with Gasteiger partial charge < -0.3 is 0 Å². The normalized spacial score (nSPS) is 19.9. The van der Waals surface area contributed by atoms with Crippen molar-refractivity contribution in [2.24, 2.45) is 11.0 Å². The van der Waals surface area contributed by atoms with Gasteiger partial charge in [-0.15, -0.1) is 0 Å². The maximum Gasteiger partial charge on any atom is 0.274 e. The summed E-state index contributed by atoms with van der Waals surface area (Å²) in [7, 11) is 0. The van der Waals surface area contributed by atoms with Crippen LogP contribution in [0.3, 0.4) is 0 Å². The van der Waals surface area contributed by atoms with Gasteiger partial charge >= 0.3 is 0 Å². The SMILES string of the molecule is O=C(c1ccc(Cl)cc1)N1N=C2/C(=C/c3cccc([N+](=O)[O-])c3)CCC[C@@H]2[C@@H]1c1cccc([N+](=O)[O-])c1. The summed E-state index contributed by atoms with van der Waals surface area (Å²) in [5.74, 6) is -0.526. The predicted molar refractivity (Wildman–Crippen MR) is 139 cm³/mol. The molecule has 9 nitrogen and oxygen atoms in total. The van der Waals surface area contributed by atoms with Crippen LogP contribution >= 0.6 is 11.6 Å². The van der Waals surface area contributed by atoms with Crippen molar-refractivity contribution in [2.75, 3.05) is 0 Å². The third kappa shape index (κ3) is 4.85. The van der Waals surface area contributed by atoms with E-state index in [0.29, 0.717) is 28.1 Å². The molecule has 2 atom stereocenters. The Hall–Kier alpha value is -4.37. The van der Waals surface area contributed by atoms with Crippen LogP contribution in [0.25, 0.3) is 6.08 Å². The smallest absolute Gasteiger partial charge is 0.267 e. The fraction of sp³-hybridized carbons (Fsp3) is 0.185. The van der Waals surface area contributed by atoms with E-state index in [-0.39, 0.29) is 23.2 Å². The summed E-state index contributed by atoms with van der Waals surface area (Å²) in [4.78, 5) is 35.5. The Morgan fingerprint density at radius 1 is 0.973 bits per heavy atom. The molecular weight excluding hydrogens is 496 g/mol. The highest BCUT2D eigenvalue weighted by Crippen LogP contribution is 2.45. The lowest BCUT2D eigenvalue weighted by atomic mass is 9.77. The van der Waals surface area contributed by atoms with Crippen molar-refractivity contribution >= 4 is 40.7 Å². The first-order valence-electron chi connectivity index (χ1n) is 11.7. The van der Waals surface area contributed by atoms with Crippen LogP contribution in [0.1, 0.15) is 46.8 Å². The standard InChI is InChI=1S/C27H21ClN4O5/c28-21-12-10-18(11-13-21)27(33)30-26(20-6-2-8-23(16-20)32(36)37)24-9-3-5-19(25(24)29-30)14-17-4-1-7-22(15-17)31(34)35/h1-2,4,6-8,10-16,24,26H,3,5,9H2/b19-14+/t24-,26-/m0/s1. The van der Waals surface area contributed by atoms with Crippen molar-refractivity contribution < 1.29 is 14.6 Å². The predicted octanol–water partition coefficient (Wildman–Crippen LogP) is 6.59. The van der Waals surface area contributed by atoms with Gasteiger partial charge in [0.2, 0.25) is 0 Å². The van der Waals surface area contributed by atoms with E-state index in [9.17, 15) is 25.0 Å². The molecule has 0 aromatic heterocycles. The second-order valence-corrected chi connectivity index (χ2v) is 9.40. The fourth-order valence-electron chi connectivity index (χ4n) is 4.98. The van der Waals surface area contributed by atoms with Gasteiger partial charge in [-0.2, -0.15) is 5.10 Å². The average molecular weight is 517 g/mol. The number of hydrogen-bond donors (Lipinski definition) is 0. The van der Waals surface area contributed by atoms with E-state index in [1.54, 1.807) is 48.5 Å². The van der Waals surface area contributed by atoms with Crippen molar-refractivity contribution in [3.8, 4) is 0 Å². The first-order valence-corrected chi connectivity index (χ1v) is 12.1. The lowest BCUT2D eigenvalue weighted by Gasteiger charge is -2.29. The van der Waals surface area contributed by atoms with Crippen molar-refractivity contribution in [3.05, 3.63) is 120 Å². The average Bonchev–Trinajstić information content (AvgIpc) is 3.29. The van der Waals surface area contributed by atoms with E-state index in [2.05, 4.69) is 0 Å². The van der Waals surface area contributed by atoms with E-state index in [1.165, 1.54) is 29.3 Å². The van der Waals surface area contributed by atoms with Crippen LogP contribution in [-0.4, -0.2) is 26.5 Å². The molecule has 0 N–H and O–H groups in total. The minimum absolute atomic E-state index is 0.0101. The van der Waals surface area contributed by atoms with Gasteiger partial charge in [-0.05, 0) is 66.3 Å². The Morgan fingerprint density at radius 2 is 1.65 bits per heavy atom. The molecule has 0 radical (unpaired) electrons. The van der Waals surface area contributed by atoms with Gasteiger partial charge in [-0.25, -0.2) is 5.01 Å². The third-order valence-corrected chi connectivity index (χ3v) is 6.90. The lowest BCUT2D eigenvalue weighted by Crippen LogP contribution is -2.32. The molecule has 1 amide bonds. The molecule has 3 aromatic carbocycles. The fourth-order valence-corrected chi connectivity index (χ4v) is 5.10. The van der Waals surface area contributed by atoms with Crippen LogP contribution in [0.5, 0.6) is 0 Å². The molecular formula is C27H21ClN4O5. The first-order chi connectivity index (χ1) is 17.8. The number of rotatable bonds is 5.